The number of carbonyl (C=O) groups is 2. The monoisotopic (exact) mass is 486 g/mol. The van der Waals surface area contributed by atoms with Crippen molar-refractivity contribution in [2.75, 3.05) is 0 Å². The van der Waals surface area contributed by atoms with Crippen LogP contribution in [0.4, 0.5) is 39.5 Å². The van der Waals surface area contributed by atoms with Crippen LogP contribution >= 0.6 is 0 Å². The van der Waals surface area contributed by atoms with Gasteiger partial charge in [-0.15, -0.1) is 0 Å². The van der Waals surface area contributed by atoms with Crippen molar-refractivity contribution in [3.63, 3.8) is 0 Å². The second kappa shape index (κ2) is 9.32. The highest BCUT2D eigenvalue weighted by Gasteiger charge is 2.37. The zero-order chi connectivity index (χ0) is 25.2. The summed E-state index contributed by atoms with van der Waals surface area (Å²) in [4.78, 5) is 23.8. The second-order valence-electron chi connectivity index (χ2n) is 7.02. The van der Waals surface area contributed by atoms with E-state index < -0.39 is 71.5 Å². The van der Waals surface area contributed by atoms with Crippen LogP contribution in [0.2, 0.25) is 0 Å². The maximum atomic E-state index is 12.9. The molecule has 0 aromatic heterocycles. The molecule has 0 spiro atoms. The van der Waals surface area contributed by atoms with E-state index in [9.17, 15) is 49.1 Å². The number of amides is 2. The van der Waals surface area contributed by atoms with E-state index in [2.05, 4.69) is 0 Å². The zero-order valence-corrected chi connectivity index (χ0v) is 16.3. The summed E-state index contributed by atoms with van der Waals surface area (Å²) in [5.41, 5.74) is 0.175. The molecule has 4 nitrogen and oxygen atoms in total. The van der Waals surface area contributed by atoms with Crippen molar-refractivity contribution in [3.05, 3.63) is 70.3 Å². The summed E-state index contributed by atoms with van der Waals surface area (Å²) in [5.74, 6) is -2.32. The molecular weight excluding hydrogens is 471 g/mol. The predicted octanol–water partition coefficient (Wildman–Crippen LogP) is 4.50. The topological polar surface area (TPSA) is 72.2 Å². The second-order valence-corrected chi connectivity index (χ2v) is 7.02. The Kier molecular flexibility index (Phi) is 7.34. The van der Waals surface area contributed by atoms with Gasteiger partial charge in [0, 0.05) is 6.42 Å². The number of alkyl halides is 9. The van der Waals surface area contributed by atoms with E-state index in [1.54, 1.807) is 0 Å². The molecule has 13 heteroatoms. The van der Waals surface area contributed by atoms with Gasteiger partial charge >= 0.3 is 18.5 Å². The minimum atomic E-state index is -5.12. The molecule has 0 heterocycles. The molecule has 0 fully saturated rings. The van der Waals surface area contributed by atoms with Crippen LogP contribution in [0.25, 0.3) is 0 Å². The van der Waals surface area contributed by atoms with Crippen molar-refractivity contribution in [3.8, 4) is 0 Å². The quantitative estimate of drug-likeness (QED) is 0.591. The summed E-state index contributed by atoms with van der Waals surface area (Å²) in [5, 5.41) is 2.03. The summed E-state index contributed by atoms with van der Waals surface area (Å²) < 4.78 is 116. The number of primary amides is 1. The predicted molar refractivity (Wildman–Crippen MR) is 96.4 cm³/mol. The first kappa shape index (κ1) is 26.0. The summed E-state index contributed by atoms with van der Waals surface area (Å²) in [6.45, 7) is 0. The Labute approximate surface area is 180 Å². The van der Waals surface area contributed by atoms with Crippen LogP contribution in [0, 0.1) is 0 Å². The number of nitrogens with two attached hydrogens (primary N) is 1. The van der Waals surface area contributed by atoms with Crippen LogP contribution in [0.5, 0.6) is 0 Å². The first-order chi connectivity index (χ1) is 15.0. The first-order valence-corrected chi connectivity index (χ1v) is 9.00. The first-order valence-electron chi connectivity index (χ1n) is 9.00. The molecule has 0 bridgehead atoms. The van der Waals surface area contributed by atoms with Gasteiger partial charge in [0.05, 0.1) is 23.1 Å². The fourth-order valence-corrected chi connectivity index (χ4v) is 2.89. The van der Waals surface area contributed by atoms with Crippen molar-refractivity contribution >= 4 is 11.8 Å². The third kappa shape index (κ3) is 7.39. The Hall–Kier alpha value is -3.25. The Morgan fingerprint density at radius 3 is 1.70 bits per heavy atom. The van der Waals surface area contributed by atoms with Crippen molar-refractivity contribution < 1.29 is 49.1 Å². The van der Waals surface area contributed by atoms with E-state index in [1.165, 1.54) is 6.07 Å². The molecule has 0 saturated heterocycles. The highest BCUT2D eigenvalue weighted by molar-refractivity contribution is 5.87. The van der Waals surface area contributed by atoms with Crippen LogP contribution in [0.15, 0.2) is 42.5 Å². The van der Waals surface area contributed by atoms with Gasteiger partial charge in [-0.25, -0.2) is 0 Å². The van der Waals surface area contributed by atoms with Crippen LogP contribution < -0.4 is 11.1 Å². The smallest absolute Gasteiger partial charge is 0.368 e. The molecular formula is C20H15F9N2O2. The number of benzene rings is 2. The average Bonchev–Trinajstić information content (AvgIpc) is 2.65. The van der Waals surface area contributed by atoms with Gasteiger partial charge in [0.25, 0.3) is 0 Å². The van der Waals surface area contributed by atoms with Crippen molar-refractivity contribution in [2.24, 2.45) is 5.73 Å². The Balaban J connectivity index is 2.23. The summed E-state index contributed by atoms with van der Waals surface area (Å²) in [7, 11) is 0. The Morgan fingerprint density at radius 2 is 1.24 bits per heavy atom. The minimum absolute atomic E-state index is 0.0349. The zero-order valence-electron chi connectivity index (χ0n) is 16.3. The maximum absolute atomic E-state index is 12.9. The van der Waals surface area contributed by atoms with E-state index in [0.717, 1.165) is 12.1 Å². The molecule has 0 aliphatic heterocycles. The molecule has 2 amide bonds. The molecule has 0 aliphatic rings. The lowest BCUT2D eigenvalue weighted by Crippen LogP contribution is -2.46. The lowest BCUT2D eigenvalue weighted by molar-refractivity contribution is -0.143. The third-order valence-corrected chi connectivity index (χ3v) is 4.38. The van der Waals surface area contributed by atoms with Gasteiger partial charge in [0.2, 0.25) is 11.8 Å². The van der Waals surface area contributed by atoms with Crippen LogP contribution in [-0.4, -0.2) is 17.9 Å². The summed E-state index contributed by atoms with van der Waals surface area (Å²) >= 11 is 0. The van der Waals surface area contributed by atoms with Gasteiger partial charge in [-0.1, -0.05) is 18.2 Å². The average molecular weight is 486 g/mol. The Bertz CT molecular complexity index is 995. The number of hydrogen-bond donors (Lipinski definition) is 2. The fraction of sp³-hybridized carbons (Fsp3) is 0.300. The largest absolute Gasteiger partial charge is 0.416 e. The van der Waals surface area contributed by atoms with E-state index in [-0.39, 0.29) is 11.6 Å². The van der Waals surface area contributed by atoms with E-state index in [4.69, 9.17) is 5.73 Å². The van der Waals surface area contributed by atoms with Crippen LogP contribution in [-0.2, 0) is 41.0 Å². The van der Waals surface area contributed by atoms with Gasteiger partial charge in [-0.2, -0.15) is 39.5 Å². The van der Waals surface area contributed by atoms with Gasteiger partial charge in [-0.3, -0.25) is 9.59 Å². The van der Waals surface area contributed by atoms with E-state index in [0.29, 0.717) is 18.2 Å². The number of nitrogens with one attached hydrogen (secondary N) is 1. The highest BCUT2D eigenvalue weighted by atomic mass is 19.4. The standard InChI is InChI=1S/C20H15F9N2O2/c21-18(22,23)12-3-1-2-10(4-12)7-15(17(30)33)31-16(32)8-11-5-13(19(24,25)26)9-14(6-11)20(27,28)29/h1-6,9,15H,7-8H2,(H2,30,33)(H,31,32)/t15-/m1/s1. The molecule has 2 aromatic carbocycles. The lowest BCUT2D eigenvalue weighted by Gasteiger charge is -2.18. The molecule has 1 atom stereocenters. The summed E-state index contributed by atoms with van der Waals surface area (Å²) in [6.07, 6.45) is -16.4. The van der Waals surface area contributed by atoms with Gasteiger partial charge in [0.1, 0.15) is 6.04 Å². The number of carbonyl (C=O) groups excluding carboxylic acids is 2. The number of hydrogen-bond acceptors (Lipinski definition) is 2. The lowest BCUT2D eigenvalue weighted by atomic mass is 10.0. The fourth-order valence-electron chi connectivity index (χ4n) is 2.89. The SMILES string of the molecule is NC(=O)[C@@H](Cc1cccc(C(F)(F)F)c1)NC(=O)Cc1cc(C(F)(F)F)cc(C(F)(F)F)c1. The number of halogens is 9. The van der Waals surface area contributed by atoms with E-state index >= 15 is 0 Å². The van der Waals surface area contributed by atoms with E-state index in [1.807, 2.05) is 5.32 Å². The van der Waals surface area contributed by atoms with Crippen molar-refractivity contribution in [1.29, 1.82) is 0 Å². The molecule has 0 saturated carbocycles. The third-order valence-electron chi connectivity index (χ3n) is 4.38. The van der Waals surface area contributed by atoms with Crippen molar-refractivity contribution in [2.45, 2.75) is 37.4 Å². The number of rotatable bonds is 6. The molecule has 0 unspecified atom stereocenters. The van der Waals surface area contributed by atoms with Crippen molar-refractivity contribution in [1.82, 2.24) is 5.32 Å². The summed E-state index contributed by atoms with van der Waals surface area (Å²) in [6, 6.07) is 2.79. The van der Waals surface area contributed by atoms with Crippen LogP contribution in [0.1, 0.15) is 27.8 Å². The molecule has 0 aliphatic carbocycles. The molecule has 180 valence electrons. The highest BCUT2D eigenvalue weighted by Crippen LogP contribution is 2.36. The molecule has 2 aromatic rings. The molecule has 2 rings (SSSR count). The van der Waals surface area contributed by atoms with Crippen LogP contribution in [0.3, 0.4) is 0 Å². The van der Waals surface area contributed by atoms with Gasteiger partial charge < -0.3 is 11.1 Å². The normalized spacial score (nSPS) is 13.5. The van der Waals surface area contributed by atoms with Gasteiger partial charge in [-0.05, 0) is 35.4 Å². The molecule has 0 radical (unpaired) electrons. The maximum Gasteiger partial charge on any atom is 0.416 e. The molecule has 33 heavy (non-hydrogen) atoms. The minimum Gasteiger partial charge on any atom is -0.368 e. The molecule has 3 N–H and O–H groups in total. The Morgan fingerprint density at radius 1 is 0.758 bits per heavy atom. The van der Waals surface area contributed by atoms with Gasteiger partial charge in [0.15, 0.2) is 0 Å².